The summed E-state index contributed by atoms with van der Waals surface area (Å²) in [5.74, 6) is 0.844. The fourth-order valence-corrected chi connectivity index (χ4v) is 3.72. The van der Waals surface area contributed by atoms with Crippen molar-refractivity contribution in [1.82, 2.24) is 9.88 Å². The zero-order valence-electron chi connectivity index (χ0n) is 17.6. The maximum atomic E-state index is 12.4. The topological polar surface area (TPSA) is 48.5 Å². The number of hydrogen-bond donors (Lipinski definition) is 1. The summed E-state index contributed by atoms with van der Waals surface area (Å²) in [6, 6.07) is 20.3. The summed E-state index contributed by atoms with van der Waals surface area (Å²) in [6.45, 7) is 9.03. The monoisotopic (exact) mass is 400 g/mol. The highest BCUT2D eigenvalue weighted by atomic mass is 16.1. The number of aryl methyl sites for hydroxylation is 2. The van der Waals surface area contributed by atoms with Crippen LogP contribution in [-0.4, -0.2) is 42.0 Å². The summed E-state index contributed by atoms with van der Waals surface area (Å²) in [5.41, 5.74) is 5.10. The van der Waals surface area contributed by atoms with Gasteiger partial charge in [-0.05, 0) is 43.7 Å². The van der Waals surface area contributed by atoms with E-state index >= 15 is 0 Å². The van der Waals surface area contributed by atoms with Crippen molar-refractivity contribution < 1.29 is 4.79 Å². The van der Waals surface area contributed by atoms with E-state index in [0.29, 0.717) is 11.3 Å². The van der Waals surface area contributed by atoms with E-state index in [-0.39, 0.29) is 5.91 Å². The van der Waals surface area contributed by atoms with Crippen LogP contribution in [0.25, 0.3) is 0 Å². The predicted molar refractivity (Wildman–Crippen MR) is 122 cm³/mol. The van der Waals surface area contributed by atoms with Crippen molar-refractivity contribution in [3.8, 4) is 0 Å². The van der Waals surface area contributed by atoms with E-state index in [1.807, 2.05) is 43.3 Å². The van der Waals surface area contributed by atoms with Crippen molar-refractivity contribution in [1.29, 1.82) is 0 Å². The number of carbonyl (C=O) groups excluding carboxylic acids is 1. The van der Waals surface area contributed by atoms with Crippen LogP contribution in [0.1, 0.15) is 27.0 Å². The zero-order valence-corrected chi connectivity index (χ0v) is 17.6. The molecule has 5 heteroatoms. The second-order valence-corrected chi connectivity index (χ2v) is 7.98. The molecule has 1 fully saturated rings. The molecule has 2 heterocycles. The van der Waals surface area contributed by atoms with Crippen molar-refractivity contribution in [2.24, 2.45) is 0 Å². The van der Waals surface area contributed by atoms with Gasteiger partial charge in [0.2, 0.25) is 0 Å². The van der Waals surface area contributed by atoms with E-state index in [1.54, 1.807) is 6.20 Å². The number of carbonyl (C=O) groups is 1. The minimum atomic E-state index is -0.113. The summed E-state index contributed by atoms with van der Waals surface area (Å²) in [7, 11) is 0. The lowest BCUT2D eigenvalue weighted by molar-refractivity contribution is 0.102. The molecule has 1 saturated heterocycles. The molecule has 1 aliphatic heterocycles. The Kier molecular flexibility index (Phi) is 6.10. The fraction of sp³-hybridized carbons (Fsp3) is 0.280. The molecule has 1 N–H and O–H groups in total. The number of nitrogens with one attached hydrogen (secondary N) is 1. The van der Waals surface area contributed by atoms with E-state index in [9.17, 15) is 4.79 Å². The van der Waals surface area contributed by atoms with Crippen LogP contribution in [0.3, 0.4) is 0 Å². The van der Waals surface area contributed by atoms with E-state index in [1.165, 1.54) is 11.1 Å². The summed E-state index contributed by atoms with van der Waals surface area (Å²) in [6.07, 6.45) is 1.74. The molecule has 0 spiro atoms. The molecule has 0 atom stereocenters. The second-order valence-electron chi connectivity index (χ2n) is 7.98. The van der Waals surface area contributed by atoms with Gasteiger partial charge in [-0.2, -0.15) is 0 Å². The summed E-state index contributed by atoms with van der Waals surface area (Å²) >= 11 is 0. The number of aromatic nitrogens is 1. The molecule has 0 saturated carbocycles. The third kappa shape index (κ3) is 5.05. The molecule has 1 amide bonds. The van der Waals surface area contributed by atoms with Crippen molar-refractivity contribution >= 4 is 17.4 Å². The van der Waals surface area contributed by atoms with Crippen LogP contribution in [0.4, 0.5) is 11.5 Å². The van der Waals surface area contributed by atoms with Crippen LogP contribution in [0, 0.1) is 13.8 Å². The molecule has 5 nitrogen and oxygen atoms in total. The average molecular weight is 401 g/mol. The molecule has 1 aliphatic rings. The Labute approximate surface area is 178 Å². The Bertz CT molecular complexity index is 990. The Hall–Kier alpha value is -3.18. The standard InChI is InChI=1S/C25H28N4O/c1-19-6-8-21(9-7-19)18-28-12-14-29(15-13-28)24-11-10-23(17-26-24)27-25(30)22-5-3-4-20(2)16-22/h3-11,16-17H,12-15,18H2,1-2H3,(H,27,30). The van der Waals surface area contributed by atoms with Gasteiger partial charge in [-0.3, -0.25) is 9.69 Å². The molecular weight excluding hydrogens is 372 g/mol. The lowest BCUT2D eigenvalue weighted by Gasteiger charge is -2.35. The molecule has 0 aliphatic carbocycles. The van der Waals surface area contributed by atoms with E-state index < -0.39 is 0 Å². The van der Waals surface area contributed by atoms with Gasteiger partial charge in [0.05, 0.1) is 11.9 Å². The summed E-state index contributed by atoms with van der Waals surface area (Å²) < 4.78 is 0. The highest BCUT2D eigenvalue weighted by molar-refractivity contribution is 6.04. The average Bonchev–Trinajstić information content (AvgIpc) is 2.76. The van der Waals surface area contributed by atoms with Gasteiger partial charge in [0.25, 0.3) is 5.91 Å². The lowest BCUT2D eigenvalue weighted by atomic mass is 10.1. The lowest BCUT2D eigenvalue weighted by Crippen LogP contribution is -2.46. The first-order valence-corrected chi connectivity index (χ1v) is 10.4. The predicted octanol–water partition coefficient (Wildman–Crippen LogP) is 4.27. The second kappa shape index (κ2) is 9.09. The van der Waals surface area contributed by atoms with Gasteiger partial charge in [-0.1, -0.05) is 47.5 Å². The Morgan fingerprint density at radius 2 is 1.70 bits per heavy atom. The van der Waals surface area contributed by atoms with Crippen LogP contribution in [0.5, 0.6) is 0 Å². The van der Waals surface area contributed by atoms with Gasteiger partial charge in [-0.25, -0.2) is 4.98 Å². The van der Waals surface area contributed by atoms with Gasteiger partial charge in [0.15, 0.2) is 0 Å². The number of pyridine rings is 1. The summed E-state index contributed by atoms with van der Waals surface area (Å²) in [4.78, 5) is 21.8. The maximum Gasteiger partial charge on any atom is 0.255 e. The van der Waals surface area contributed by atoms with Crippen LogP contribution in [0.2, 0.25) is 0 Å². The minimum Gasteiger partial charge on any atom is -0.354 e. The minimum absolute atomic E-state index is 0.113. The van der Waals surface area contributed by atoms with E-state index in [4.69, 9.17) is 0 Å². The zero-order chi connectivity index (χ0) is 20.9. The maximum absolute atomic E-state index is 12.4. The molecule has 4 rings (SSSR count). The molecule has 154 valence electrons. The highest BCUT2D eigenvalue weighted by Gasteiger charge is 2.18. The Morgan fingerprint density at radius 1 is 0.933 bits per heavy atom. The number of anilines is 2. The molecule has 1 aromatic heterocycles. The molecule has 2 aromatic carbocycles. The smallest absolute Gasteiger partial charge is 0.255 e. The van der Waals surface area contributed by atoms with Crippen molar-refractivity contribution in [3.05, 3.63) is 89.1 Å². The van der Waals surface area contributed by atoms with Gasteiger partial charge in [-0.15, -0.1) is 0 Å². The largest absolute Gasteiger partial charge is 0.354 e. The van der Waals surface area contributed by atoms with Crippen LogP contribution < -0.4 is 10.2 Å². The number of hydrogen-bond acceptors (Lipinski definition) is 4. The molecule has 0 unspecified atom stereocenters. The number of benzene rings is 2. The number of amides is 1. The van der Waals surface area contributed by atoms with E-state index in [2.05, 4.69) is 51.3 Å². The Balaban J connectivity index is 1.30. The molecule has 3 aromatic rings. The van der Waals surface area contributed by atoms with Gasteiger partial charge >= 0.3 is 0 Å². The van der Waals surface area contributed by atoms with Crippen molar-refractivity contribution in [2.75, 3.05) is 36.4 Å². The summed E-state index contributed by atoms with van der Waals surface area (Å²) in [5, 5.41) is 2.93. The van der Waals surface area contributed by atoms with Crippen LogP contribution >= 0.6 is 0 Å². The number of piperazine rings is 1. The molecule has 30 heavy (non-hydrogen) atoms. The third-order valence-corrected chi connectivity index (χ3v) is 5.51. The third-order valence-electron chi connectivity index (χ3n) is 5.51. The normalized spacial score (nSPS) is 14.5. The van der Waals surface area contributed by atoms with Crippen LogP contribution in [-0.2, 0) is 6.54 Å². The first kappa shape index (κ1) is 20.1. The SMILES string of the molecule is Cc1ccc(CN2CCN(c3ccc(NC(=O)c4cccc(C)c4)cn3)CC2)cc1. The van der Waals surface area contributed by atoms with Gasteiger partial charge < -0.3 is 10.2 Å². The molecular formula is C25H28N4O. The van der Waals surface area contributed by atoms with Crippen molar-refractivity contribution in [2.45, 2.75) is 20.4 Å². The first-order valence-electron chi connectivity index (χ1n) is 10.4. The van der Waals surface area contributed by atoms with Crippen LogP contribution in [0.15, 0.2) is 66.9 Å². The Morgan fingerprint density at radius 3 is 2.37 bits per heavy atom. The fourth-order valence-electron chi connectivity index (χ4n) is 3.72. The number of rotatable bonds is 5. The number of nitrogens with zero attached hydrogens (tertiary/aromatic N) is 3. The van der Waals surface area contributed by atoms with Gasteiger partial charge in [0.1, 0.15) is 5.82 Å². The molecule has 0 bridgehead atoms. The molecule has 0 radical (unpaired) electrons. The quantitative estimate of drug-likeness (QED) is 0.695. The highest BCUT2D eigenvalue weighted by Crippen LogP contribution is 2.18. The van der Waals surface area contributed by atoms with E-state index in [0.717, 1.165) is 44.1 Å². The van der Waals surface area contributed by atoms with Gasteiger partial charge in [0, 0.05) is 38.3 Å². The van der Waals surface area contributed by atoms with Crippen molar-refractivity contribution in [3.63, 3.8) is 0 Å². The first-order chi connectivity index (χ1) is 14.6.